The minimum Gasteiger partial charge on any atom is -0.481 e. The Morgan fingerprint density at radius 1 is 1.24 bits per heavy atom. The van der Waals surface area contributed by atoms with Gasteiger partial charge in [0.2, 0.25) is 15.9 Å². The minimum absolute atomic E-state index is 0.149. The Bertz CT molecular complexity index is 702. The second kappa shape index (κ2) is 6.51. The normalized spacial score (nSPS) is 11.1. The monoisotopic (exact) mass is 308 g/mol. The molecule has 2 N–H and O–H groups in total. The fourth-order valence-electron chi connectivity index (χ4n) is 1.61. The van der Waals surface area contributed by atoms with Crippen molar-refractivity contribution in [1.82, 2.24) is 14.7 Å². The lowest BCUT2D eigenvalue weighted by molar-refractivity contribution is 0.397. The third-order valence-corrected chi connectivity index (χ3v) is 4.17. The molecule has 2 aromatic rings. The highest BCUT2D eigenvalue weighted by Gasteiger charge is 2.14. The highest BCUT2D eigenvalue weighted by molar-refractivity contribution is 7.89. The topological polar surface area (TPSA) is 93.2 Å². The van der Waals surface area contributed by atoms with Crippen molar-refractivity contribution in [2.24, 2.45) is 0 Å². The molecule has 0 aliphatic rings. The summed E-state index contributed by atoms with van der Waals surface area (Å²) in [5.74, 6) is 0.971. The van der Waals surface area contributed by atoms with Crippen LogP contribution in [0.25, 0.3) is 0 Å². The van der Waals surface area contributed by atoms with Crippen molar-refractivity contribution >= 4 is 15.8 Å². The minimum atomic E-state index is -3.60. The average molecular weight is 308 g/mol. The van der Waals surface area contributed by atoms with Crippen molar-refractivity contribution in [3.63, 3.8) is 0 Å². The van der Waals surface area contributed by atoms with E-state index < -0.39 is 10.0 Å². The van der Waals surface area contributed by atoms with E-state index in [4.69, 9.17) is 4.74 Å². The summed E-state index contributed by atoms with van der Waals surface area (Å²) in [5.41, 5.74) is 0.738. The van der Waals surface area contributed by atoms with Gasteiger partial charge in [-0.3, -0.25) is 0 Å². The number of methoxy groups -OCH3 is 1. The van der Waals surface area contributed by atoms with E-state index in [2.05, 4.69) is 20.0 Å². The van der Waals surface area contributed by atoms with Crippen LogP contribution in [-0.4, -0.2) is 32.5 Å². The molecule has 2 heterocycles. The molecule has 0 spiro atoms. The summed E-state index contributed by atoms with van der Waals surface area (Å²) in [5, 5.41) is 2.80. The number of sulfonamides is 1. The summed E-state index contributed by atoms with van der Waals surface area (Å²) >= 11 is 0. The summed E-state index contributed by atoms with van der Waals surface area (Å²) in [6.45, 7) is 0.149. The van der Waals surface area contributed by atoms with Crippen LogP contribution in [0.3, 0.4) is 0 Å². The third-order valence-electron chi connectivity index (χ3n) is 2.77. The fraction of sp³-hybridized carbons (Fsp3) is 0.231. The number of aromatic nitrogens is 2. The van der Waals surface area contributed by atoms with E-state index in [0.29, 0.717) is 11.7 Å². The van der Waals surface area contributed by atoms with Crippen LogP contribution in [0, 0.1) is 0 Å². The maximum atomic E-state index is 12.2. The maximum absolute atomic E-state index is 12.2. The van der Waals surface area contributed by atoms with Crippen molar-refractivity contribution in [2.45, 2.75) is 11.4 Å². The molecule has 2 aromatic heterocycles. The summed E-state index contributed by atoms with van der Waals surface area (Å²) in [6, 6.07) is 6.33. The van der Waals surface area contributed by atoms with Gasteiger partial charge in [-0.15, -0.1) is 0 Å². The highest BCUT2D eigenvalue weighted by Crippen LogP contribution is 2.13. The molecule has 0 aromatic carbocycles. The van der Waals surface area contributed by atoms with E-state index in [-0.39, 0.29) is 11.4 Å². The molecule has 0 unspecified atom stereocenters. The van der Waals surface area contributed by atoms with E-state index in [1.807, 2.05) is 0 Å². The molecule has 0 aliphatic carbocycles. The van der Waals surface area contributed by atoms with Crippen molar-refractivity contribution in [1.29, 1.82) is 0 Å². The zero-order chi connectivity index (χ0) is 15.3. The first-order valence-electron chi connectivity index (χ1n) is 6.17. The van der Waals surface area contributed by atoms with Crippen LogP contribution in [-0.2, 0) is 16.6 Å². The lowest BCUT2D eigenvalue weighted by Gasteiger charge is -2.08. The Labute approximate surface area is 123 Å². The summed E-state index contributed by atoms with van der Waals surface area (Å²) in [6.07, 6.45) is 3.00. The standard InChI is InChI=1S/C13H16N4O3S/c1-14-12-7-11(5-6-15-12)21(18,19)17-9-10-3-4-13(20-2)16-8-10/h3-8,17H,9H2,1-2H3,(H,14,15). The van der Waals surface area contributed by atoms with Crippen molar-refractivity contribution < 1.29 is 13.2 Å². The number of pyridine rings is 2. The summed E-state index contributed by atoms with van der Waals surface area (Å²) in [4.78, 5) is 8.16. The van der Waals surface area contributed by atoms with Gasteiger partial charge in [-0.25, -0.2) is 23.1 Å². The summed E-state index contributed by atoms with van der Waals surface area (Å²) < 4.78 is 31.8. The number of ether oxygens (including phenoxy) is 1. The number of hydrogen-bond acceptors (Lipinski definition) is 6. The lowest BCUT2D eigenvalue weighted by Crippen LogP contribution is -2.23. The van der Waals surface area contributed by atoms with E-state index in [0.717, 1.165) is 5.56 Å². The zero-order valence-corrected chi connectivity index (χ0v) is 12.5. The van der Waals surface area contributed by atoms with Gasteiger partial charge < -0.3 is 10.1 Å². The molecule has 0 fully saturated rings. The SMILES string of the molecule is CNc1cc(S(=O)(=O)NCc2ccc(OC)nc2)ccn1. The highest BCUT2D eigenvalue weighted by atomic mass is 32.2. The van der Waals surface area contributed by atoms with Gasteiger partial charge >= 0.3 is 0 Å². The van der Waals surface area contributed by atoms with Crippen LogP contribution in [0.5, 0.6) is 5.88 Å². The van der Waals surface area contributed by atoms with E-state index in [1.165, 1.54) is 25.4 Å². The van der Waals surface area contributed by atoms with Gasteiger partial charge in [0.05, 0.1) is 12.0 Å². The van der Waals surface area contributed by atoms with Crippen LogP contribution in [0.1, 0.15) is 5.56 Å². The molecular formula is C13H16N4O3S. The number of hydrogen-bond donors (Lipinski definition) is 2. The first-order chi connectivity index (χ1) is 10.0. The van der Waals surface area contributed by atoms with Gasteiger partial charge in [0.1, 0.15) is 5.82 Å². The van der Waals surface area contributed by atoms with Gasteiger partial charge in [0, 0.05) is 38.1 Å². The molecular weight excluding hydrogens is 292 g/mol. The molecule has 0 aliphatic heterocycles. The van der Waals surface area contributed by atoms with E-state index in [9.17, 15) is 8.42 Å². The smallest absolute Gasteiger partial charge is 0.241 e. The predicted molar refractivity (Wildman–Crippen MR) is 78.6 cm³/mol. The third kappa shape index (κ3) is 3.89. The van der Waals surface area contributed by atoms with Gasteiger partial charge in [0.25, 0.3) is 0 Å². The van der Waals surface area contributed by atoms with Crippen LogP contribution in [0.4, 0.5) is 5.82 Å². The molecule has 8 heteroatoms. The number of nitrogens with zero attached hydrogens (tertiary/aromatic N) is 2. The molecule has 112 valence electrons. The zero-order valence-electron chi connectivity index (χ0n) is 11.7. The van der Waals surface area contributed by atoms with Crippen LogP contribution >= 0.6 is 0 Å². The first-order valence-corrected chi connectivity index (χ1v) is 7.66. The Kier molecular flexibility index (Phi) is 4.71. The van der Waals surface area contributed by atoms with Gasteiger partial charge in [-0.2, -0.15) is 0 Å². The van der Waals surface area contributed by atoms with Gasteiger partial charge in [0.15, 0.2) is 0 Å². The largest absolute Gasteiger partial charge is 0.481 e. The van der Waals surface area contributed by atoms with Crippen molar-refractivity contribution in [2.75, 3.05) is 19.5 Å². The average Bonchev–Trinajstić information content (AvgIpc) is 2.53. The Morgan fingerprint density at radius 2 is 2.05 bits per heavy atom. The first kappa shape index (κ1) is 15.2. The molecule has 21 heavy (non-hydrogen) atoms. The Hall–Kier alpha value is -2.19. The molecule has 0 saturated heterocycles. The van der Waals surface area contributed by atoms with Crippen molar-refractivity contribution in [3.05, 3.63) is 42.2 Å². The second-order valence-electron chi connectivity index (χ2n) is 4.16. The summed E-state index contributed by atoms with van der Waals surface area (Å²) in [7, 11) is -0.399. The second-order valence-corrected chi connectivity index (χ2v) is 5.93. The molecule has 2 rings (SSSR count). The molecule has 0 amide bonds. The maximum Gasteiger partial charge on any atom is 0.241 e. The van der Waals surface area contributed by atoms with Crippen LogP contribution < -0.4 is 14.8 Å². The number of rotatable bonds is 6. The van der Waals surface area contributed by atoms with Crippen molar-refractivity contribution in [3.8, 4) is 5.88 Å². The number of anilines is 1. The number of nitrogens with one attached hydrogen (secondary N) is 2. The molecule has 0 bridgehead atoms. The van der Waals surface area contributed by atoms with E-state index in [1.54, 1.807) is 25.4 Å². The fourth-order valence-corrected chi connectivity index (χ4v) is 2.64. The molecule has 0 atom stereocenters. The van der Waals surface area contributed by atoms with Crippen LogP contribution in [0.15, 0.2) is 41.6 Å². The lowest BCUT2D eigenvalue weighted by atomic mass is 10.3. The van der Waals surface area contributed by atoms with E-state index >= 15 is 0 Å². The van der Waals surface area contributed by atoms with Gasteiger partial charge in [-0.05, 0) is 11.6 Å². The molecule has 0 saturated carbocycles. The predicted octanol–water partition coefficient (Wildman–Crippen LogP) is 1.01. The molecule has 0 radical (unpaired) electrons. The Balaban J connectivity index is 2.09. The quantitative estimate of drug-likeness (QED) is 0.827. The van der Waals surface area contributed by atoms with Crippen LogP contribution in [0.2, 0.25) is 0 Å². The van der Waals surface area contributed by atoms with Gasteiger partial charge in [-0.1, -0.05) is 6.07 Å². The molecule has 7 nitrogen and oxygen atoms in total. The Morgan fingerprint density at radius 3 is 2.67 bits per heavy atom.